The van der Waals surface area contributed by atoms with Crippen molar-refractivity contribution < 1.29 is 0 Å². The van der Waals surface area contributed by atoms with Crippen LogP contribution in [-0.2, 0) is 12.8 Å². The van der Waals surface area contributed by atoms with Crippen molar-refractivity contribution in [2.24, 2.45) is 0 Å². The minimum atomic E-state index is 0.527. The molecule has 1 saturated heterocycles. The van der Waals surface area contributed by atoms with E-state index < -0.39 is 0 Å². The van der Waals surface area contributed by atoms with E-state index >= 15 is 0 Å². The number of hydrogen-bond donors (Lipinski definition) is 0. The molecule has 0 amide bonds. The fraction of sp³-hybridized carbons (Fsp3) is 0.429. The quantitative estimate of drug-likeness (QED) is 0.844. The molecule has 1 atom stereocenters. The Labute approximate surface area is 139 Å². The summed E-state index contributed by atoms with van der Waals surface area (Å²) < 4.78 is 0. The van der Waals surface area contributed by atoms with Crippen molar-refractivity contribution in [3.05, 3.63) is 65.2 Å². The Morgan fingerprint density at radius 1 is 0.826 bits per heavy atom. The molecule has 0 saturated carbocycles. The minimum Gasteiger partial charge on any atom is -0.369 e. The molecule has 2 nitrogen and oxygen atoms in total. The first-order valence-corrected chi connectivity index (χ1v) is 8.97. The standard InChI is InChI=1S/C21H26N2/c1-17(19-11-10-18-6-5-7-20(18)16-19)22-12-14-23(15-13-22)21-8-3-2-4-9-21/h2-4,8-11,16-17H,5-7,12-15H2,1H3. The summed E-state index contributed by atoms with van der Waals surface area (Å²) in [5, 5.41) is 0. The van der Waals surface area contributed by atoms with E-state index in [-0.39, 0.29) is 0 Å². The van der Waals surface area contributed by atoms with Crippen molar-refractivity contribution in [3.63, 3.8) is 0 Å². The molecule has 1 fully saturated rings. The highest BCUT2D eigenvalue weighted by Crippen LogP contribution is 2.28. The number of piperazine rings is 1. The normalized spacial score (nSPS) is 19.6. The summed E-state index contributed by atoms with van der Waals surface area (Å²) in [5.41, 5.74) is 6.03. The predicted octanol–water partition coefficient (Wildman–Crippen LogP) is 4.06. The number of rotatable bonds is 3. The molecule has 0 aromatic heterocycles. The third-order valence-corrected chi connectivity index (χ3v) is 5.59. The second-order valence-electron chi connectivity index (χ2n) is 6.92. The van der Waals surface area contributed by atoms with Crippen molar-refractivity contribution in [2.45, 2.75) is 32.2 Å². The van der Waals surface area contributed by atoms with Gasteiger partial charge in [0.05, 0.1) is 0 Å². The van der Waals surface area contributed by atoms with E-state index in [2.05, 4.69) is 65.3 Å². The molecule has 4 rings (SSSR count). The molecule has 23 heavy (non-hydrogen) atoms. The van der Waals surface area contributed by atoms with Crippen molar-refractivity contribution >= 4 is 5.69 Å². The van der Waals surface area contributed by atoms with E-state index in [0.29, 0.717) is 6.04 Å². The van der Waals surface area contributed by atoms with Crippen LogP contribution in [0.2, 0.25) is 0 Å². The van der Waals surface area contributed by atoms with Crippen LogP contribution in [0.3, 0.4) is 0 Å². The van der Waals surface area contributed by atoms with Gasteiger partial charge >= 0.3 is 0 Å². The van der Waals surface area contributed by atoms with Crippen LogP contribution in [0.5, 0.6) is 0 Å². The van der Waals surface area contributed by atoms with E-state index in [1.54, 1.807) is 11.1 Å². The Morgan fingerprint density at radius 3 is 2.35 bits per heavy atom. The number of aryl methyl sites for hydroxylation is 2. The summed E-state index contributed by atoms with van der Waals surface area (Å²) in [6.45, 7) is 6.91. The maximum Gasteiger partial charge on any atom is 0.0367 e. The molecule has 1 unspecified atom stereocenters. The van der Waals surface area contributed by atoms with Gasteiger partial charge in [-0.25, -0.2) is 0 Å². The fourth-order valence-corrected chi connectivity index (χ4v) is 4.07. The smallest absolute Gasteiger partial charge is 0.0367 e. The van der Waals surface area contributed by atoms with Gasteiger partial charge in [-0.05, 0) is 55.0 Å². The first-order chi connectivity index (χ1) is 11.3. The zero-order valence-electron chi connectivity index (χ0n) is 14.0. The third kappa shape index (κ3) is 3.00. The minimum absolute atomic E-state index is 0.527. The fourth-order valence-electron chi connectivity index (χ4n) is 4.07. The molecule has 0 spiro atoms. The molecule has 2 aliphatic rings. The van der Waals surface area contributed by atoms with E-state index in [0.717, 1.165) is 26.2 Å². The van der Waals surface area contributed by atoms with Gasteiger partial charge in [0.1, 0.15) is 0 Å². The molecule has 1 aliphatic heterocycles. The first kappa shape index (κ1) is 14.8. The monoisotopic (exact) mass is 306 g/mol. The molecule has 0 N–H and O–H groups in total. The van der Waals surface area contributed by atoms with Crippen molar-refractivity contribution in [1.29, 1.82) is 0 Å². The molecular formula is C21H26N2. The van der Waals surface area contributed by atoms with E-state index in [1.807, 2.05) is 0 Å². The topological polar surface area (TPSA) is 6.48 Å². The zero-order chi connectivity index (χ0) is 15.6. The lowest BCUT2D eigenvalue weighted by molar-refractivity contribution is 0.198. The summed E-state index contributed by atoms with van der Waals surface area (Å²) in [5.74, 6) is 0. The highest BCUT2D eigenvalue weighted by atomic mass is 15.3. The van der Waals surface area contributed by atoms with Crippen LogP contribution < -0.4 is 4.90 Å². The van der Waals surface area contributed by atoms with Gasteiger partial charge in [-0.3, -0.25) is 4.90 Å². The predicted molar refractivity (Wildman–Crippen MR) is 97.1 cm³/mol. The molecule has 120 valence electrons. The molecule has 0 radical (unpaired) electrons. The summed E-state index contributed by atoms with van der Waals surface area (Å²) in [7, 11) is 0. The van der Waals surface area contributed by atoms with Crippen LogP contribution in [0.25, 0.3) is 0 Å². The van der Waals surface area contributed by atoms with Gasteiger partial charge in [0.15, 0.2) is 0 Å². The van der Waals surface area contributed by atoms with Gasteiger partial charge < -0.3 is 4.90 Å². The van der Waals surface area contributed by atoms with Gasteiger partial charge in [-0.15, -0.1) is 0 Å². The van der Waals surface area contributed by atoms with Crippen molar-refractivity contribution in [3.8, 4) is 0 Å². The van der Waals surface area contributed by atoms with E-state index in [9.17, 15) is 0 Å². The summed E-state index contributed by atoms with van der Waals surface area (Å²) >= 11 is 0. The number of hydrogen-bond acceptors (Lipinski definition) is 2. The maximum absolute atomic E-state index is 2.64. The van der Waals surface area contributed by atoms with Crippen LogP contribution in [0, 0.1) is 0 Å². The Balaban J connectivity index is 1.42. The molecule has 2 heteroatoms. The maximum atomic E-state index is 2.64. The number of para-hydroxylation sites is 1. The largest absolute Gasteiger partial charge is 0.369 e. The van der Waals surface area contributed by atoms with Gasteiger partial charge in [0.25, 0.3) is 0 Å². The van der Waals surface area contributed by atoms with Crippen molar-refractivity contribution in [2.75, 3.05) is 31.1 Å². The Hall–Kier alpha value is -1.80. The molecule has 0 bridgehead atoms. The number of nitrogens with zero attached hydrogens (tertiary/aromatic N) is 2. The van der Waals surface area contributed by atoms with Crippen LogP contribution in [0.15, 0.2) is 48.5 Å². The van der Waals surface area contributed by atoms with Gasteiger partial charge in [-0.2, -0.15) is 0 Å². The number of anilines is 1. The Morgan fingerprint density at radius 2 is 1.57 bits per heavy atom. The molecule has 1 heterocycles. The van der Waals surface area contributed by atoms with Crippen LogP contribution in [0.1, 0.15) is 36.1 Å². The Kier molecular flexibility index (Phi) is 4.09. The van der Waals surface area contributed by atoms with Crippen LogP contribution >= 0.6 is 0 Å². The first-order valence-electron chi connectivity index (χ1n) is 8.97. The lowest BCUT2D eigenvalue weighted by atomic mass is 10.0. The second kappa shape index (κ2) is 6.37. The highest BCUT2D eigenvalue weighted by Gasteiger charge is 2.23. The average molecular weight is 306 g/mol. The average Bonchev–Trinajstić information content (AvgIpc) is 3.10. The molecular weight excluding hydrogens is 280 g/mol. The number of fused-ring (bicyclic) bond motifs is 1. The lowest BCUT2D eigenvalue weighted by Crippen LogP contribution is -2.47. The summed E-state index contributed by atoms with van der Waals surface area (Å²) in [6, 6.07) is 18.5. The van der Waals surface area contributed by atoms with Crippen molar-refractivity contribution in [1.82, 2.24) is 4.90 Å². The molecule has 2 aromatic rings. The van der Waals surface area contributed by atoms with Gasteiger partial charge in [0.2, 0.25) is 0 Å². The van der Waals surface area contributed by atoms with E-state index in [4.69, 9.17) is 0 Å². The molecule has 2 aromatic carbocycles. The van der Waals surface area contributed by atoms with Gasteiger partial charge in [-0.1, -0.05) is 36.4 Å². The highest BCUT2D eigenvalue weighted by molar-refractivity contribution is 5.46. The summed E-state index contributed by atoms with van der Waals surface area (Å²) in [6.07, 6.45) is 3.89. The zero-order valence-corrected chi connectivity index (χ0v) is 14.0. The number of benzene rings is 2. The van der Waals surface area contributed by atoms with Gasteiger partial charge in [0, 0.05) is 37.9 Å². The summed E-state index contributed by atoms with van der Waals surface area (Å²) in [4.78, 5) is 5.14. The molecule has 1 aliphatic carbocycles. The van der Waals surface area contributed by atoms with Crippen LogP contribution in [-0.4, -0.2) is 31.1 Å². The van der Waals surface area contributed by atoms with Crippen LogP contribution in [0.4, 0.5) is 5.69 Å². The van der Waals surface area contributed by atoms with E-state index in [1.165, 1.54) is 30.5 Å². The third-order valence-electron chi connectivity index (χ3n) is 5.59. The second-order valence-corrected chi connectivity index (χ2v) is 6.92. The SMILES string of the molecule is CC(c1ccc2c(c1)CCC2)N1CCN(c2ccccc2)CC1. The Bertz CT molecular complexity index is 657. The lowest BCUT2D eigenvalue weighted by Gasteiger charge is -2.39.